The number of benzene rings is 1. The molecule has 1 N–H and O–H groups in total. The van der Waals surface area contributed by atoms with Gasteiger partial charge in [0.05, 0.1) is 19.3 Å². The number of aryl methyl sites for hydroxylation is 1. The molecule has 3 heteroatoms. The van der Waals surface area contributed by atoms with E-state index in [1.165, 1.54) is 11.1 Å². The van der Waals surface area contributed by atoms with Crippen molar-refractivity contribution in [2.45, 2.75) is 13.0 Å². The third kappa shape index (κ3) is 2.08. The highest BCUT2D eigenvalue weighted by atomic mass is 35.5. The number of hydrogen-bond donors (Lipinski definition) is 1. The second-order valence-corrected chi connectivity index (χ2v) is 4.02. The summed E-state index contributed by atoms with van der Waals surface area (Å²) in [6.07, 6.45) is 0. The number of hydrogen-bond acceptors (Lipinski definition) is 2. The lowest BCUT2D eigenvalue weighted by Crippen LogP contribution is -2.34. The summed E-state index contributed by atoms with van der Waals surface area (Å²) >= 11 is 5.97. The molecule has 2 rings (SSSR count). The van der Waals surface area contributed by atoms with Crippen LogP contribution in [0.1, 0.15) is 17.2 Å². The van der Waals surface area contributed by atoms with Crippen molar-refractivity contribution in [3.63, 3.8) is 0 Å². The van der Waals surface area contributed by atoms with Crippen LogP contribution in [0.15, 0.2) is 18.2 Å². The van der Waals surface area contributed by atoms with Gasteiger partial charge in [0.25, 0.3) is 0 Å². The molecule has 0 saturated carbocycles. The van der Waals surface area contributed by atoms with Crippen molar-refractivity contribution in [2.75, 3.05) is 19.8 Å². The van der Waals surface area contributed by atoms with Crippen LogP contribution in [0.25, 0.3) is 0 Å². The molecule has 1 fully saturated rings. The Labute approximate surface area is 89.2 Å². The molecule has 0 amide bonds. The first kappa shape index (κ1) is 9.97. The Balaban J connectivity index is 2.24. The minimum absolute atomic E-state index is 0.294. The van der Waals surface area contributed by atoms with E-state index in [-0.39, 0.29) is 0 Å². The number of morpholine rings is 1. The van der Waals surface area contributed by atoms with Crippen LogP contribution in [-0.4, -0.2) is 19.8 Å². The third-order valence-corrected chi connectivity index (χ3v) is 2.77. The zero-order valence-electron chi connectivity index (χ0n) is 8.22. The van der Waals surface area contributed by atoms with Gasteiger partial charge in [-0.25, -0.2) is 0 Å². The first-order valence-electron chi connectivity index (χ1n) is 4.84. The average Bonchev–Trinajstić information content (AvgIpc) is 2.23. The summed E-state index contributed by atoms with van der Waals surface area (Å²) in [5.74, 6) is 0. The monoisotopic (exact) mass is 211 g/mol. The fraction of sp³-hybridized carbons (Fsp3) is 0.455. The molecule has 1 aliphatic heterocycles. The lowest BCUT2D eigenvalue weighted by molar-refractivity contribution is 0.0767. The van der Waals surface area contributed by atoms with Gasteiger partial charge in [0, 0.05) is 11.6 Å². The van der Waals surface area contributed by atoms with E-state index < -0.39 is 0 Å². The maximum absolute atomic E-state index is 5.97. The lowest BCUT2D eigenvalue weighted by Gasteiger charge is -2.25. The van der Waals surface area contributed by atoms with Crippen LogP contribution in [0.5, 0.6) is 0 Å². The minimum Gasteiger partial charge on any atom is -0.378 e. The minimum atomic E-state index is 0.294. The highest BCUT2D eigenvalue weighted by molar-refractivity contribution is 6.30. The zero-order valence-corrected chi connectivity index (χ0v) is 8.97. The zero-order chi connectivity index (χ0) is 9.97. The average molecular weight is 212 g/mol. The van der Waals surface area contributed by atoms with Crippen molar-refractivity contribution in [3.8, 4) is 0 Å². The second-order valence-electron chi connectivity index (χ2n) is 3.58. The highest BCUT2D eigenvalue weighted by Gasteiger charge is 2.16. The van der Waals surface area contributed by atoms with Crippen molar-refractivity contribution in [1.82, 2.24) is 5.32 Å². The van der Waals surface area contributed by atoms with Crippen molar-refractivity contribution in [1.29, 1.82) is 0 Å². The van der Waals surface area contributed by atoms with Gasteiger partial charge in [0.1, 0.15) is 0 Å². The molecule has 2 nitrogen and oxygen atoms in total. The lowest BCUT2D eigenvalue weighted by atomic mass is 10.0. The van der Waals surface area contributed by atoms with Crippen molar-refractivity contribution in [2.24, 2.45) is 0 Å². The van der Waals surface area contributed by atoms with E-state index in [1.54, 1.807) is 0 Å². The van der Waals surface area contributed by atoms with E-state index in [9.17, 15) is 0 Å². The standard InChI is InChI=1S/C11H14ClNO/c1-8-2-3-9(12)6-10(8)11-7-14-5-4-13-11/h2-3,6,11,13H,4-5,7H2,1H3/t11-/m0/s1. The quantitative estimate of drug-likeness (QED) is 0.770. The Morgan fingerprint density at radius 3 is 3.07 bits per heavy atom. The summed E-state index contributed by atoms with van der Waals surface area (Å²) in [5.41, 5.74) is 2.51. The molecule has 1 atom stereocenters. The molecule has 0 spiro atoms. The van der Waals surface area contributed by atoms with Crippen LogP contribution >= 0.6 is 11.6 Å². The molecule has 0 aromatic heterocycles. The molecule has 1 aliphatic rings. The van der Waals surface area contributed by atoms with Gasteiger partial charge in [-0.15, -0.1) is 0 Å². The molecular formula is C11H14ClNO. The van der Waals surface area contributed by atoms with Gasteiger partial charge >= 0.3 is 0 Å². The van der Waals surface area contributed by atoms with Crippen molar-refractivity contribution < 1.29 is 4.74 Å². The van der Waals surface area contributed by atoms with Crippen LogP contribution in [0, 0.1) is 6.92 Å². The van der Waals surface area contributed by atoms with E-state index in [4.69, 9.17) is 16.3 Å². The molecule has 1 saturated heterocycles. The van der Waals surface area contributed by atoms with Gasteiger partial charge < -0.3 is 10.1 Å². The fourth-order valence-electron chi connectivity index (χ4n) is 1.75. The van der Waals surface area contributed by atoms with Gasteiger partial charge in [-0.05, 0) is 30.2 Å². The Bertz CT molecular complexity index is 321. The van der Waals surface area contributed by atoms with E-state index in [0.29, 0.717) is 6.04 Å². The molecule has 0 radical (unpaired) electrons. The summed E-state index contributed by atoms with van der Waals surface area (Å²) in [6, 6.07) is 6.28. The Hall–Kier alpha value is -0.570. The summed E-state index contributed by atoms with van der Waals surface area (Å²) in [5, 5.41) is 4.21. The fourth-order valence-corrected chi connectivity index (χ4v) is 1.93. The first-order valence-corrected chi connectivity index (χ1v) is 5.22. The second kappa shape index (κ2) is 4.30. The normalized spacial score (nSPS) is 22.3. The number of rotatable bonds is 1. The summed E-state index contributed by atoms with van der Waals surface area (Å²) in [4.78, 5) is 0. The van der Waals surface area contributed by atoms with Crippen molar-refractivity contribution >= 4 is 11.6 Å². The van der Waals surface area contributed by atoms with Gasteiger partial charge in [-0.3, -0.25) is 0 Å². The maximum atomic E-state index is 5.97. The van der Waals surface area contributed by atoms with E-state index in [1.807, 2.05) is 18.2 Å². The number of ether oxygens (including phenoxy) is 1. The van der Waals surface area contributed by atoms with Crippen molar-refractivity contribution in [3.05, 3.63) is 34.3 Å². The summed E-state index contributed by atoms with van der Waals surface area (Å²) in [6.45, 7) is 4.55. The summed E-state index contributed by atoms with van der Waals surface area (Å²) < 4.78 is 5.43. The van der Waals surface area contributed by atoms with Crippen LogP contribution in [-0.2, 0) is 4.74 Å². The maximum Gasteiger partial charge on any atom is 0.0662 e. The molecule has 1 aromatic rings. The van der Waals surface area contributed by atoms with Gasteiger partial charge in [-0.1, -0.05) is 17.7 Å². The highest BCUT2D eigenvalue weighted by Crippen LogP contribution is 2.23. The molecular weight excluding hydrogens is 198 g/mol. The predicted octanol–water partition coefficient (Wildman–Crippen LogP) is 2.31. The predicted molar refractivity (Wildman–Crippen MR) is 57.8 cm³/mol. The topological polar surface area (TPSA) is 21.3 Å². The first-order chi connectivity index (χ1) is 6.77. The number of halogens is 1. The Morgan fingerprint density at radius 1 is 1.50 bits per heavy atom. The molecule has 76 valence electrons. The number of nitrogens with one attached hydrogen (secondary N) is 1. The van der Waals surface area contributed by atoms with Crippen LogP contribution in [0.4, 0.5) is 0 Å². The molecule has 0 aliphatic carbocycles. The Kier molecular flexibility index (Phi) is 3.06. The van der Waals surface area contributed by atoms with Gasteiger partial charge in [-0.2, -0.15) is 0 Å². The molecule has 0 unspecified atom stereocenters. The van der Waals surface area contributed by atoms with E-state index in [2.05, 4.69) is 12.2 Å². The molecule has 1 heterocycles. The van der Waals surface area contributed by atoms with Crippen LogP contribution < -0.4 is 5.32 Å². The SMILES string of the molecule is Cc1ccc(Cl)cc1[C@@H]1COCCN1. The van der Waals surface area contributed by atoms with Gasteiger partial charge in [0.2, 0.25) is 0 Å². The molecule has 1 aromatic carbocycles. The Morgan fingerprint density at radius 2 is 2.36 bits per heavy atom. The third-order valence-electron chi connectivity index (χ3n) is 2.54. The smallest absolute Gasteiger partial charge is 0.0662 e. The largest absolute Gasteiger partial charge is 0.378 e. The molecule has 0 bridgehead atoms. The van der Waals surface area contributed by atoms with Crippen LogP contribution in [0.3, 0.4) is 0 Å². The van der Waals surface area contributed by atoms with Gasteiger partial charge in [0.15, 0.2) is 0 Å². The summed E-state index contributed by atoms with van der Waals surface area (Å²) in [7, 11) is 0. The van der Waals surface area contributed by atoms with Crippen LogP contribution in [0.2, 0.25) is 5.02 Å². The van der Waals surface area contributed by atoms with E-state index >= 15 is 0 Å². The van der Waals surface area contributed by atoms with E-state index in [0.717, 1.165) is 24.8 Å². The molecule has 14 heavy (non-hydrogen) atoms.